The Hall–Kier alpha value is -2.21. The van der Waals surface area contributed by atoms with Crippen molar-refractivity contribution in [3.8, 4) is 0 Å². The van der Waals surface area contributed by atoms with Crippen LogP contribution in [0, 0.1) is 0 Å². The van der Waals surface area contributed by atoms with Crippen molar-refractivity contribution >= 4 is 10.9 Å². The first-order valence-electron chi connectivity index (χ1n) is 6.64. The van der Waals surface area contributed by atoms with E-state index in [9.17, 15) is 0 Å². The average molecular weight is 270 g/mol. The van der Waals surface area contributed by atoms with Crippen LogP contribution in [0.5, 0.6) is 0 Å². The highest BCUT2D eigenvalue weighted by atomic mass is 15.3. The van der Waals surface area contributed by atoms with Crippen molar-refractivity contribution in [2.75, 3.05) is 20.6 Å². The molecule has 0 saturated carbocycles. The standard InChI is InChI=1S/C14H18N6/c1-18(2)5-6-20-14-7-12(3-4-13(14)8-17-20)9-19-10-15-16-11-19/h3-4,7-8,10-11H,5-6,9H2,1-2H3. The minimum atomic E-state index is 0.780. The normalized spacial score (nSPS) is 11.6. The second kappa shape index (κ2) is 5.42. The number of hydrogen-bond donors (Lipinski definition) is 0. The highest BCUT2D eigenvalue weighted by Crippen LogP contribution is 2.16. The summed E-state index contributed by atoms with van der Waals surface area (Å²) >= 11 is 0. The molecule has 0 bridgehead atoms. The van der Waals surface area contributed by atoms with Crippen molar-refractivity contribution in [2.24, 2.45) is 0 Å². The molecule has 0 saturated heterocycles. The largest absolute Gasteiger partial charge is 0.316 e. The SMILES string of the molecule is CN(C)CCn1ncc2ccc(Cn3cnnc3)cc21. The Bertz CT molecular complexity index is 683. The third kappa shape index (κ3) is 2.70. The maximum atomic E-state index is 4.46. The third-order valence-electron chi connectivity index (χ3n) is 3.30. The van der Waals surface area contributed by atoms with Gasteiger partial charge in [0, 0.05) is 11.9 Å². The van der Waals surface area contributed by atoms with Crippen LogP contribution in [0.1, 0.15) is 5.56 Å². The molecule has 0 aliphatic rings. The summed E-state index contributed by atoms with van der Waals surface area (Å²) in [6, 6.07) is 6.44. The fourth-order valence-corrected chi connectivity index (χ4v) is 2.20. The van der Waals surface area contributed by atoms with Gasteiger partial charge in [0.15, 0.2) is 0 Å². The first kappa shape index (κ1) is 12.8. The van der Waals surface area contributed by atoms with Crippen LogP contribution in [0.3, 0.4) is 0 Å². The van der Waals surface area contributed by atoms with Crippen molar-refractivity contribution in [3.63, 3.8) is 0 Å². The molecule has 0 unspecified atom stereocenters. The lowest BCUT2D eigenvalue weighted by atomic mass is 10.1. The number of fused-ring (bicyclic) bond motifs is 1. The van der Waals surface area contributed by atoms with E-state index in [-0.39, 0.29) is 0 Å². The Morgan fingerprint density at radius 1 is 1.15 bits per heavy atom. The Morgan fingerprint density at radius 2 is 1.95 bits per heavy atom. The van der Waals surface area contributed by atoms with Crippen molar-refractivity contribution in [2.45, 2.75) is 13.1 Å². The monoisotopic (exact) mass is 270 g/mol. The molecule has 1 aromatic carbocycles. The van der Waals surface area contributed by atoms with Crippen LogP contribution in [-0.2, 0) is 13.1 Å². The molecule has 0 spiro atoms. The molecule has 6 nitrogen and oxygen atoms in total. The Balaban J connectivity index is 1.86. The molecular weight excluding hydrogens is 252 g/mol. The maximum Gasteiger partial charge on any atom is 0.119 e. The zero-order valence-corrected chi connectivity index (χ0v) is 11.8. The fourth-order valence-electron chi connectivity index (χ4n) is 2.20. The molecule has 6 heteroatoms. The molecule has 3 aromatic rings. The number of benzene rings is 1. The Kier molecular flexibility index (Phi) is 3.47. The smallest absolute Gasteiger partial charge is 0.119 e. The molecule has 104 valence electrons. The molecule has 0 atom stereocenters. The molecule has 2 aromatic heterocycles. The van der Waals surface area contributed by atoms with Crippen LogP contribution in [0.15, 0.2) is 37.1 Å². The van der Waals surface area contributed by atoms with Gasteiger partial charge in [0.25, 0.3) is 0 Å². The lowest BCUT2D eigenvalue weighted by Gasteiger charge is -2.10. The van der Waals surface area contributed by atoms with Crippen LogP contribution in [0.25, 0.3) is 10.9 Å². The van der Waals surface area contributed by atoms with Crippen molar-refractivity contribution < 1.29 is 0 Å². The van der Waals surface area contributed by atoms with Gasteiger partial charge in [-0.1, -0.05) is 12.1 Å². The van der Waals surface area contributed by atoms with E-state index in [4.69, 9.17) is 0 Å². The maximum absolute atomic E-state index is 4.46. The molecule has 2 heterocycles. The number of nitrogens with zero attached hydrogens (tertiary/aromatic N) is 6. The zero-order chi connectivity index (χ0) is 13.9. The Labute approximate surface area is 117 Å². The summed E-state index contributed by atoms with van der Waals surface area (Å²) in [5, 5.41) is 13.3. The molecule has 20 heavy (non-hydrogen) atoms. The van der Waals surface area contributed by atoms with Gasteiger partial charge in [-0.05, 0) is 25.7 Å². The number of likely N-dealkylation sites (N-methyl/N-ethyl adjacent to an activating group) is 1. The van der Waals surface area contributed by atoms with E-state index in [1.807, 2.05) is 10.8 Å². The van der Waals surface area contributed by atoms with Crippen molar-refractivity contribution in [1.82, 2.24) is 29.4 Å². The minimum absolute atomic E-state index is 0.780. The summed E-state index contributed by atoms with van der Waals surface area (Å²) in [5.74, 6) is 0. The first-order chi connectivity index (χ1) is 9.72. The molecule has 0 fully saturated rings. The second-order valence-corrected chi connectivity index (χ2v) is 5.20. The molecule has 3 rings (SSSR count). The van der Waals surface area contributed by atoms with Gasteiger partial charge >= 0.3 is 0 Å². The summed E-state index contributed by atoms with van der Waals surface area (Å²) in [5.41, 5.74) is 2.40. The van der Waals surface area contributed by atoms with E-state index >= 15 is 0 Å². The highest BCUT2D eigenvalue weighted by molar-refractivity contribution is 5.79. The molecule has 0 amide bonds. The van der Waals surface area contributed by atoms with E-state index in [0.717, 1.165) is 19.6 Å². The second-order valence-electron chi connectivity index (χ2n) is 5.20. The summed E-state index contributed by atoms with van der Waals surface area (Å²) in [6.07, 6.45) is 5.38. The predicted octanol–water partition coefficient (Wildman–Crippen LogP) is 1.24. The van der Waals surface area contributed by atoms with Crippen LogP contribution < -0.4 is 0 Å². The molecule has 0 N–H and O–H groups in total. The molecular formula is C14H18N6. The molecule has 0 radical (unpaired) electrons. The lowest BCUT2D eigenvalue weighted by Crippen LogP contribution is -2.18. The average Bonchev–Trinajstić information content (AvgIpc) is 3.05. The van der Waals surface area contributed by atoms with E-state index in [1.54, 1.807) is 12.7 Å². The number of rotatable bonds is 5. The van der Waals surface area contributed by atoms with Gasteiger partial charge < -0.3 is 9.47 Å². The topological polar surface area (TPSA) is 51.8 Å². The van der Waals surface area contributed by atoms with Gasteiger partial charge in [-0.15, -0.1) is 10.2 Å². The first-order valence-corrected chi connectivity index (χ1v) is 6.64. The minimum Gasteiger partial charge on any atom is -0.316 e. The highest BCUT2D eigenvalue weighted by Gasteiger charge is 2.05. The molecule has 0 aliphatic carbocycles. The lowest BCUT2D eigenvalue weighted by molar-refractivity contribution is 0.377. The van der Waals surface area contributed by atoms with E-state index in [2.05, 4.69) is 57.2 Å². The van der Waals surface area contributed by atoms with Gasteiger partial charge in [0.05, 0.1) is 24.8 Å². The van der Waals surface area contributed by atoms with Crippen LogP contribution >= 0.6 is 0 Å². The van der Waals surface area contributed by atoms with E-state index in [1.165, 1.54) is 16.5 Å². The van der Waals surface area contributed by atoms with Gasteiger partial charge in [-0.2, -0.15) is 5.10 Å². The van der Waals surface area contributed by atoms with Gasteiger partial charge in [0.2, 0.25) is 0 Å². The third-order valence-corrected chi connectivity index (χ3v) is 3.30. The number of aromatic nitrogens is 5. The van der Waals surface area contributed by atoms with Crippen LogP contribution in [-0.4, -0.2) is 50.1 Å². The summed E-state index contributed by atoms with van der Waals surface area (Å²) in [4.78, 5) is 2.16. The quantitative estimate of drug-likeness (QED) is 0.700. The van der Waals surface area contributed by atoms with Gasteiger partial charge in [0.1, 0.15) is 12.7 Å². The zero-order valence-electron chi connectivity index (χ0n) is 11.8. The number of hydrogen-bond acceptors (Lipinski definition) is 4. The van der Waals surface area contributed by atoms with Gasteiger partial charge in [-0.3, -0.25) is 4.68 Å². The van der Waals surface area contributed by atoms with E-state index in [0.29, 0.717) is 0 Å². The predicted molar refractivity (Wildman–Crippen MR) is 77.4 cm³/mol. The van der Waals surface area contributed by atoms with Crippen molar-refractivity contribution in [1.29, 1.82) is 0 Å². The van der Waals surface area contributed by atoms with Crippen LogP contribution in [0.4, 0.5) is 0 Å². The Morgan fingerprint density at radius 3 is 2.70 bits per heavy atom. The molecule has 0 aliphatic heterocycles. The summed E-state index contributed by atoms with van der Waals surface area (Å²) in [6.45, 7) is 2.65. The van der Waals surface area contributed by atoms with Crippen molar-refractivity contribution in [3.05, 3.63) is 42.6 Å². The van der Waals surface area contributed by atoms with Gasteiger partial charge in [-0.25, -0.2) is 0 Å². The summed E-state index contributed by atoms with van der Waals surface area (Å²) < 4.78 is 4.02. The van der Waals surface area contributed by atoms with E-state index < -0.39 is 0 Å². The van der Waals surface area contributed by atoms with Crippen LogP contribution in [0.2, 0.25) is 0 Å². The summed E-state index contributed by atoms with van der Waals surface area (Å²) in [7, 11) is 4.15. The fraction of sp³-hybridized carbons (Fsp3) is 0.357.